The van der Waals surface area contributed by atoms with E-state index in [-0.39, 0.29) is 45.7 Å². The molecule has 248 valence electrons. The van der Waals surface area contributed by atoms with Crippen LogP contribution in [0, 0.1) is 50.2 Å². The molecule has 0 heterocycles. The number of esters is 1. The van der Waals surface area contributed by atoms with Gasteiger partial charge in [0.05, 0.1) is 12.7 Å². The molecule has 0 aliphatic heterocycles. The van der Waals surface area contributed by atoms with Crippen molar-refractivity contribution >= 4 is 12.0 Å². The van der Waals surface area contributed by atoms with Crippen LogP contribution in [0.15, 0.2) is 35.9 Å². The number of fused-ring (bicyclic) bond motifs is 7. The Labute approximate surface area is 270 Å². The normalized spacial score (nSPS) is 43.8. The number of rotatable bonds is 5. The summed E-state index contributed by atoms with van der Waals surface area (Å²) in [5.41, 5.74) is 2.22. The lowest BCUT2D eigenvalue weighted by Gasteiger charge is -2.71. The zero-order chi connectivity index (χ0) is 32.6. The summed E-state index contributed by atoms with van der Waals surface area (Å²) in [5.74, 6) is 0.217. The Morgan fingerprint density at radius 3 is 2.38 bits per heavy atom. The van der Waals surface area contributed by atoms with E-state index in [1.165, 1.54) is 24.6 Å². The fourth-order valence-corrected chi connectivity index (χ4v) is 11.7. The van der Waals surface area contributed by atoms with E-state index in [0.717, 1.165) is 51.4 Å². The van der Waals surface area contributed by atoms with Crippen molar-refractivity contribution in [3.05, 3.63) is 41.5 Å². The van der Waals surface area contributed by atoms with Crippen molar-refractivity contribution in [3.8, 4) is 11.5 Å². The molecule has 0 aromatic heterocycles. The van der Waals surface area contributed by atoms with Crippen LogP contribution in [0.2, 0.25) is 0 Å². The van der Waals surface area contributed by atoms with Gasteiger partial charge in [-0.3, -0.25) is 0 Å². The summed E-state index contributed by atoms with van der Waals surface area (Å²) in [6.45, 7) is 15.0. The first-order chi connectivity index (χ1) is 21.0. The van der Waals surface area contributed by atoms with E-state index in [1.807, 2.05) is 0 Å². The monoisotopic (exact) mass is 620 g/mol. The van der Waals surface area contributed by atoms with Crippen LogP contribution in [0.25, 0.3) is 6.08 Å². The van der Waals surface area contributed by atoms with E-state index < -0.39 is 17.5 Å². The molecule has 6 nitrogen and oxygen atoms in total. The number of hydrogen-bond acceptors (Lipinski definition) is 6. The van der Waals surface area contributed by atoms with Gasteiger partial charge in [-0.05, 0) is 127 Å². The number of allylic oxidation sites excluding steroid dienone is 2. The van der Waals surface area contributed by atoms with E-state index in [1.54, 1.807) is 17.7 Å². The van der Waals surface area contributed by atoms with Gasteiger partial charge in [0, 0.05) is 23.5 Å². The average Bonchev–Trinajstić information content (AvgIpc) is 2.99. The van der Waals surface area contributed by atoms with Gasteiger partial charge in [-0.15, -0.1) is 0 Å². The Balaban J connectivity index is 1.25. The molecule has 0 bridgehead atoms. The number of carbonyl (C=O) groups is 1. The number of hydrogen-bond donors (Lipinski definition) is 4. The van der Waals surface area contributed by atoms with E-state index in [2.05, 4.69) is 47.6 Å². The van der Waals surface area contributed by atoms with Crippen molar-refractivity contribution in [1.29, 1.82) is 0 Å². The lowest BCUT2D eigenvalue weighted by molar-refractivity contribution is -0.219. The average molecular weight is 621 g/mol. The fraction of sp³-hybridized carbons (Fsp3) is 0.718. The van der Waals surface area contributed by atoms with Crippen molar-refractivity contribution in [1.82, 2.24) is 0 Å². The van der Waals surface area contributed by atoms with Crippen LogP contribution in [0.1, 0.15) is 111 Å². The molecule has 45 heavy (non-hydrogen) atoms. The number of aromatic hydroxyl groups is 2. The van der Waals surface area contributed by atoms with Crippen molar-refractivity contribution < 1.29 is 30.0 Å². The SMILES string of the molecule is CC1(C)CC[C@]2(CO)CC[C@]3(C)C(=CCC4[C@@]5(C)CC[C@H](O)C(C)(COC(=O)/C=C/c6ccc(O)c(O)c6)C5CC[C@]43C)C2C1. The Morgan fingerprint density at radius 2 is 1.67 bits per heavy atom. The first-order valence-corrected chi connectivity index (χ1v) is 17.4. The largest absolute Gasteiger partial charge is 0.504 e. The minimum Gasteiger partial charge on any atom is -0.504 e. The summed E-state index contributed by atoms with van der Waals surface area (Å²) in [7, 11) is 0. The Hall–Kier alpha value is -2.31. The smallest absolute Gasteiger partial charge is 0.330 e. The molecule has 4 fully saturated rings. The maximum Gasteiger partial charge on any atom is 0.330 e. The quantitative estimate of drug-likeness (QED) is 0.116. The van der Waals surface area contributed by atoms with Crippen LogP contribution in [-0.2, 0) is 9.53 Å². The lowest BCUT2D eigenvalue weighted by Crippen LogP contribution is -2.65. The highest BCUT2D eigenvalue weighted by Gasteiger charge is 2.68. The topological polar surface area (TPSA) is 107 Å². The first kappa shape index (κ1) is 32.6. The van der Waals surface area contributed by atoms with Gasteiger partial charge in [0.25, 0.3) is 0 Å². The Bertz CT molecular complexity index is 1400. The Kier molecular flexibility index (Phi) is 7.88. The zero-order valence-electron chi connectivity index (χ0n) is 28.4. The summed E-state index contributed by atoms with van der Waals surface area (Å²) >= 11 is 0. The van der Waals surface area contributed by atoms with Gasteiger partial charge in [-0.2, -0.15) is 0 Å². The molecule has 1 aromatic carbocycles. The summed E-state index contributed by atoms with van der Waals surface area (Å²) < 4.78 is 5.86. The molecule has 0 radical (unpaired) electrons. The molecule has 5 aliphatic rings. The van der Waals surface area contributed by atoms with Crippen molar-refractivity contribution in [3.63, 3.8) is 0 Å². The molecule has 0 spiro atoms. The third-order valence-corrected chi connectivity index (χ3v) is 14.8. The van der Waals surface area contributed by atoms with Gasteiger partial charge >= 0.3 is 5.97 Å². The molecule has 4 N–H and O–H groups in total. The maximum absolute atomic E-state index is 12.9. The van der Waals surface area contributed by atoms with Crippen LogP contribution in [-0.4, -0.2) is 45.7 Å². The highest BCUT2D eigenvalue weighted by molar-refractivity contribution is 5.87. The van der Waals surface area contributed by atoms with Gasteiger partial charge in [-0.25, -0.2) is 4.79 Å². The van der Waals surface area contributed by atoms with Gasteiger partial charge in [0.1, 0.15) is 0 Å². The molecule has 5 aliphatic carbocycles. The third kappa shape index (κ3) is 4.91. The minimum atomic E-state index is -0.550. The van der Waals surface area contributed by atoms with Crippen LogP contribution >= 0.6 is 0 Å². The van der Waals surface area contributed by atoms with Crippen molar-refractivity contribution in [2.75, 3.05) is 13.2 Å². The molecule has 4 unspecified atom stereocenters. The second-order valence-corrected chi connectivity index (χ2v) is 17.5. The molecule has 6 heteroatoms. The number of aliphatic hydroxyl groups excluding tert-OH is 2. The zero-order valence-corrected chi connectivity index (χ0v) is 28.4. The number of phenolic OH excluding ortho intramolecular Hbond substituents is 2. The molecule has 0 amide bonds. The number of phenols is 2. The first-order valence-electron chi connectivity index (χ1n) is 17.4. The molecular weight excluding hydrogens is 564 g/mol. The predicted octanol–water partition coefficient (Wildman–Crippen LogP) is 7.79. The van der Waals surface area contributed by atoms with E-state index in [4.69, 9.17) is 4.74 Å². The highest BCUT2D eigenvalue weighted by Crippen LogP contribution is 2.75. The maximum atomic E-state index is 12.9. The number of benzene rings is 1. The van der Waals surface area contributed by atoms with Crippen molar-refractivity contribution in [2.24, 2.45) is 50.2 Å². The van der Waals surface area contributed by atoms with E-state index in [9.17, 15) is 25.2 Å². The van der Waals surface area contributed by atoms with Crippen LogP contribution in [0.3, 0.4) is 0 Å². The molecule has 1 aromatic rings. The van der Waals surface area contributed by atoms with Gasteiger partial charge in [0.15, 0.2) is 11.5 Å². The van der Waals surface area contributed by atoms with Crippen molar-refractivity contribution in [2.45, 2.75) is 112 Å². The summed E-state index contributed by atoms with van der Waals surface area (Å²) in [6.07, 6.45) is 15.5. The van der Waals surface area contributed by atoms with Gasteiger partial charge in [-0.1, -0.05) is 59.3 Å². The standard InChI is InChI=1S/C39H56O6/c1-34(2)17-19-39(23-40)20-18-37(5)26(27(39)22-34)9-11-31-35(3)15-14-32(43)36(4,30(35)13-16-38(31,37)6)24-45-33(44)12-8-25-7-10-28(41)29(42)21-25/h7-10,12,21,27,30-32,40-43H,11,13-20,22-24H2,1-6H3/b12-8+/t27?,30?,31?,32-,35-,36?,37+,38+,39+/m0/s1. The third-order valence-electron chi connectivity index (χ3n) is 14.8. The molecule has 0 saturated heterocycles. The van der Waals surface area contributed by atoms with Gasteiger partial charge < -0.3 is 25.2 Å². The molecular formula is C39H56O6. The second kappa shape index (κ2) is 10.9. The predicted molar refractivity (Wildman–Crippen MR) is 176 cm³/mol. The van der Waals surface area contributed by atoms with Crippen LogP contribution in [0.4, 0.5) is 0 Å². The van der Waals surface area contributed by atoms with Crippen LogP contribution < -0.4 is 0 Å². The summed E-state index contributed by atoms with van der Waals surface area (Å²) in [5, 5.41) is 41.6. The summed E-state index contributed by atoms with van der Waals surface area (Å²) in [4.78, 5) is 12.9. The van der Waals surface area contributed by atoms with Crippen LogP contribution in [0.5, 0.6) is 11.5 Å². The minimum absolute atomic E-state index is 0.00911. The number of aliphatic hydroxyl groups is 2. The molecule has 6 rings (SSSR count). The molecule has 4 saturated carbocycles. The van der Waals surface area contributed by atoms with E-state index >= 15 is 0 Å². The Morgan fingerprint density at radius 1 is 0.933 bits per heavy atom. The highest BCUT2D eigenvalue weighted by atomic mass is 16.5. The number of ether oxygens (including phenoxy) is 1. The second-order valence-electron chi connectivity index (χ2n) is 17.5. The fourth-order valence-electron chi connectivity index (χ4n) is 11.7. The lowest BCUT2D eigenvalue weighted by atomic mass is 9.33. The molecule has 9 atom stereocenters. The van der Waals surface area contributed by atoms with E-state index in [0.29, 0.717) is 35.8 Å². The van der Waals surface area contributed by atoms with Gasteiger partial charge in [0.2, 0.25) is 0 Å². The summed E-state index contributed by atoms with van der Waals surface area (Å²) in [6, 6.07) is 4.39. The number of carbonyl (C=O) groups excluding carboxylic acids is 1.